The van der Waals surface area contributed by atoms with Gasteiger partial charge >= 0.3 is 0 Å². The summed E-state index contributed by atoms with van der Waals surface area (Å²) < 4.78 is 0. The highest BCUT2D eigenvalue weighted by molar-refractivity contribution is 6.07. The van der Waals surface area contributed by atoms with Gasteiger partial charge in [-0.25, -0.2) is 0 Å². The summed E-state index contributed by atoms with van der Waals surface area (Å²) in [5.41, 5.74) is 5.91. The molecule has 0 spiro atoms. The van der Waals surface area contributed by atoms with Crippen molar-refractivity contribution in [3.63, 3.8) is 0 Å². The van der Waals surface area contributed by atoms with E-state index in [1.807, 2.05) is 0 Å². The molecule has 3 fully saturated rings. The van der Waals surface area contributed by atoms with Crippen molar-refractivity contribution in [1.29, 1.82) is 0 Å². The molecule has 8 heteroatoms. The van der Waals surface area contributed by atoms with E-state index in [0.717, 1.165) is 32.1 Å². The highest BCUT2D eigenvalue weighted by Gasteiger charge is 2.61. The van der Waals surface area contributed by atoms with Gasteiger partial charge in [-0.2, -0.15) is 5.06 Å². The first-order valence-corrected chi connectivity index (χ1v) is 9.07. The van der Waals surface area contributed by atoms with Gasteiger partial charge in [-0.05, 0) is 25.0 Å². The van der Waals surface area contributed by atoms with Crippen LogP contribution in [0.5, 0.6) is 0 Å². The van der Waals surface area contributed by atoms with Gasteiger partial charge in [0.15, 0.2) is 6.10 Å². The fourth-order valence-electron chi connectivity index (χ4n) is 4.36. The second-order valence-electron chi connectivity index (χ2n) is 7.13. The third-order valence-corrected chi connectivity index (χ3v) is 5.47. The van der Waals surface area contributed by atoms with Crippen LogP contribution < -0.4 is 5.73 Å². The highest BCUT2D eigenvalue weighted by Crippen LogP contribution is 2.45. The van der Waals surface area contributed by atoms with E-state index < -0.39 is 24.0 Å². The van der Waals surface area contributed by atoms with Gasteiger partial charge in [0.05, 0.1) is 17.7 Å². The van der Waals surface area contributed by atoms with E-state index in [1.165, 1.54) is 9.96 Å². The Balaban J connectivity index is 1.66. The quantitative estimate of drug-likeness (QED) is 0.788. The number of nitrogens with zero attached hydrogens (tertiary/aromatic N) is 3. The van der Waals surface area contributed by atoms with Crippen LogP contribution in [0.25, 0.3) is 0 Å². The van der Waals surface area contributed by atoms with Gasteiger partial charge in [0.25, 0.3) is 5.91 Å². The molecule has 0 aromatic carbocycles. The van der Waals surface area contributed by atoms with Crippen molar-refractivity contribution in [3.05, 3.63) is 30.1 Å². The lowest BCUT2D eigenvalue weighted by Gasteiger charge is -2.32. The molecule has 2 aliphatic heterocycles. The van der Waals surface area contributed by atoms with E-state index in [4.69, 9.17) is 10.6 Å². The van der Waals surface area contributed by atoms with E-state index in [1.54, 1.807) is 24.4 Å². The van der Waals surface area contributed by atoms with Gasteiger partial charge in [0, 0.05) is 12.2 Å². The summed E-state index contributed by atoms with van der Waals surface area (Å²) in [6, 6.07) is 4.69. The zero-order valence-corrected chi connectivity index (χ0v) is 14.4. The van der Waals surface area contributed by atoms with E-state index in [0.29, 0.717) is 5.69 Å². The van der Waals surface area contributed by atoms with Crippen molar-refractivity contribution in [2.75, 3.05) is 6.54 Å². The molecular formula is C18H22N4O4. The first-order chi connectivity index (χ1) is 12.6. The molecule has 3 heterocycles. The average Bonchev–Trinajstić information content (AvgIpc) is 3.12. The molecule has 3 aliphatic rings. The monoisotopic (exact) mass is 358 g/mol. The molecule has 3 unspecified atom stereocenters. The van der Waals surface area contributed by atoms with Crippen LogP contribution in [-0.2, 0) is 19.2 Å². The Morgan fingerprint density at radius 2 is 1.96 bits per heavy atom. The number of likely N-dealkylation sites (tertiary alicyclic amines) is 1. The van der Waals surface area contributed by atoms with Crippen LogP contribution in [-0.4, -0.2) is 51.4 Å². The smallest absolute Gasteiger partial charge is 0.261 e. The van der Waals surface area contributed by atoms with Crippen LogP contribution in [0.15, 0.2) is 24.4 Å². The number of amides is 3. The summed E-state index contributed by atoms with van der Waals surface area (Å²) in [7, 11) is 0. The van der Waals surface area contributed by atoms with Crippen LogP contribution >= 0.6 is 0 Å². The maximum absolute atomic E-state index is 13.2. The minimum absolute atomic E-state index is 0.0491. The number of fused-ring (bicyclic) bond motifs is 1. The van der Waals surface area contributed by atoms with Crippen molar-refractivity contribution in [2.24, 2.45) is 11.7 Å². The van der Waals surface area contributed by atoms with Crippen molar-refractivity contribution < 1.29 is 19.2 Å². The van der Waals surface area contributed by atoms with Gasteiger partial charge in [0.1, 0.15) is 6.54 Å². The van der Waals surface area contributed by atoms with Crippen LogP contribution in [0.2, 0.25) is 0 Å². The average molecular weight is 358 g/mol. The molecule has 2 N–H and O–H groups in total. The standard InChI is InChI=1S/C18H22N4O4/c19-13(23)10-21-15(12-8-4-5-9-20-12)14-16(26-21)18(25)22(17(14)24)11-6-2-1-3-7-11/h4-5,8-9,11,14-16H,1-3,6-7,10H2,(H2,19,23). The molecule has 3 atom stereocenters. The van der Waals surface area contributed by atoms with Crippen molar-refractivity contribution in [2.45, 2.75) is 50.3 Å². The Labute approximate surface area is 151 Å². The minimum atomic E-state index is -0.907. The van der Waals surface area contributed by atoms with Gasteiger partial charge in [-0.15, -0.1) is 0 Å². The topological polar surface area (TPSA) is 106 Å². The lowest BCUT2D eigenvalue weighted by molar-refractivity contribution is -0.183. The molecule has 1 saturated carbocycles. The van der Waals surface area contributed by atoms with E-state index >= 15 is 0 Å². The number of primary amides is 1. The van der Waals surface area contributed by atoms with Gasteiger partial charge < -0.3 is 5.73 Å². The molecule has 1 aromatic heterocycles. The summed E-state index contributed by atoms with van der Waals surface area (Å²) in [6.45, 7) is -0.196. The highest BCUT2D eigenvalue weighted by atomic mass is 16.7. The summed E-state index contributed by atoms with van der Waals surface area (Å²) >= 11 is 0. The summed E-state index contributed by atoms with van der Waals surface area (Å²) in [5.74, 6) is -1.82. The Hall–Kier alpha value is -2.32. The van der Waals surface area contributed by atoms with Gasteiger partial charge in [-0.1, -0.05) is 25.3 Å². The number of hydrogen-bond acceptors (Lipinski definition) is 6. The number of nitrogens with two attached hydrogens (primary N) is 1. The molecule has 138 valence electrons. The Kier molecular flexibility index (Phi) is 4.46. The fraction of sp³-hybridized carbons (Fsp3) is 0.556. The van der Waals surface area contributed by atoms with Gasteiger partial charge in [0.2, 0.25) is 11.8 Å². The maximum Gasteiger partial charge on any atom is 0.261 e. The number of hydroxylamine groups is 2. The molecular weight excluding hydrogens is 336 g/mol. The number of imide groups is 1. The number of pyridine rings is 1. The summed E-state index contributed by atoms with van der Waals surface area (Å²) in [6.07, 6.45) is 5.58. The third-order valence-electron chi connectivity index (χ3n) is 5.47. The molecule has 2 saturated heterocycles. The predicted molar refractivity (Wildman–Crippen MR) is 90.0 cm³/mol. The molecule has 0 bridgehead atoms. The lowest BCUT2D eigenvalue weighted by atomic mass is 9.92. The minimum Gasteiger partial charge on any atom is -0.368 e. The van der Waals surface area contributed by atoms with Crippen LogP contribution in [0.4, 0.5) is 0 Å². The van der Waals surface area contributed by atoms with Crippen LogP contribution in [0.3, 0.4) is 0 Å². The molecule has 0 radical (unpaired) electrons. The second-order valence-corrected chi connectivity index (χ2v) is 7.13. The van der Waals surface area contributed by atoms with Crippen LogP contribution in [0.1, 0.15) is 43.8 Å². The predicted octanol–water partition coefficient (Wildman–Crippen LogP) is 0.542. The van der Waals surface area contributed by atoms with E-state index in [2.05, 4.69) is 4.98 Å². The number of hydrogen-bond donors (Lipinski definition) is 1. The number of carbonyl (C=O) groups excluding carboxylic acids is 3. The molecule has 1 aliphatic carbocycles. The molecule has 26 heavy (non-hydrogen) atoms. The number of carbonyl (C=O) groups is 3. The Morgan fingerprint density at radius 3 is 2.62 bits per heavy atom. The van der Waals surface area contributed by atoms with E-state index in [9.17, 15) is 14.4 Å². The molecule has 4 rings (SSSR count). The maximum atomic E-state index is 13.2. The molecule has 8 nitrogen and oxygen atoms in total. The van der Waals surface area contributed by atoms with Crippen LogP contribution in [0, 0.1) is 5.92 Å². The fourth-order valence-corrected chi connectivity index (χ4v) is 4.36. The van der Waals surface area contributed by atoms with Crippen molar-refractivity contribution in [1.82, 2.24) is 14.9 Å². The Morgan fingerprint density at radius 1 is 1.19 bits per heavy atom. The summed E-state index contributed by atoms with van der Waals surface area (Å²) in [4.78, 5) is 49.0. The lowest BCUT2D eigenvalue weighted by Crippen LogP contribution is -2.45. The first-order valence-electron chi connectivity index (χ1n) is 9.07. The second kappa shape index (κ2) is 6.77. The van der Waals surface area contributed by atoms with Crippen molar-refractivity contribution in [3.8, 4) is 0 Å². The number of rotatable bonds is 4. The molecule has 3 amide bonds. The Bertz CT molecular complexity index is 719. The molecule has 1 aromatic rings. The van der Waals surface area contributed by atoms with Gasteiger partial charge in [-0.3, -0.25) is 29.1 Å². The normalized spacial score (nSPS) is 30.0. The van der Waals surface area contributed by atoms with Crippen molar-refractivity contribution >= 4 is 17.7 Å². The third kappa shape index (κ3) is 2.79. The van der Waals surface area contributed by atoms with E-state index in [-0.39, 0.29) is 24.4 Å². The zero-order chi connectivity index (χ0) is 18.3. The first kappa shape index (κ1) is 17.1. The largest absolute Gasteiger partial charge is 0.368 e. The summed E-state index contributed by atoms with van der Waals surface area (Å²) in [5, 5.41) is 1.34. The SMILES string of the molecule is NC(=O)CN1OC2C(=O)N(C3CCCCC3)C(=O)C2C1c1ccccn1. The zero-order valence-electron chi connectivity index (χ0n) is 14.4. The number of aromatic nitrogens is 1.